The number of carboxylic acids is 1. The molecule has 0 aromatic heterocycles. The Morgan fingerprint density at radius 1 is 1.46 bits per heavy atom. The number of alkyl halides is 1. The molecule has 13 heavy (non-hydrogen) atoms. The van der Waals surface area contributed by atoms with Crippen LogP contribution in [-0.2, 0) is 4.79 Å². The summed E-state index contributed by atoms with van der Waals surface area (Å²) in [5.74, 6) is -0.952. The van der Waals surface area contributed by atoms with Crippen LogP contribution in [0.2, 0.25) is 0 Å². The molecule has 2 N–H and O–H groups in total. The van der Waals surface area contributed by atoms with Gasteiger partial charge in [-0.1, -0.05) is 18.2 Å². The Balaban J connectivity index is 2.82. The number of benzene rings is 1. The highest BCUT2D eigenvalue weighted by molar-refractivity contribution is 6.21. The Hall–Kier alpha value is -1.22. The van der Waals surface area contributed by atoms with Crippen LogP contribution in [0.4, 0.5) is 0 Å². The molecule has 0 fully saturated rings. The van der Waals surface area contributed by atoms with E-state index in [1.165, 1.54) is 6.07 Å². The van der Waals surface area contributed by atoms with Crippen LogP contribution in [0, 0.1) is 0 Å². The molecule has 1 rings (SSSR count). The first-order chi connectivity index (χ1) is 6.11. The van der Waals surface area contributed by atoms with E-state index in [-0.39, 0.29) is 12.2 Å². The SMILES string of the molecule is O=C(O)CC(Cl)c1ccccc1O. The van der Waals surface area contributed by atoms with E-state index in [1.807, 2.05) is 0 Å². The molecular weight excluding hydrogens is 192 g/mol. The predicted molar refractivity (Wildman–Crippen MR) is 49.0 cm³/mol. The Morgan fingerprint density at radius 2 is 2.08 bits per heavy atom. The van der Waals surface area contributed by atoms with Crippen LogP contribution in [0.3, 0.4) is 0 Å². The van der Waals surface area contributed by atoms with Crippen molar-refractivity contribution in [3.8, 4) is 5.75 Å². The number of carboxylic acid groups (broad SMARTS) is 1. The van der Waals surface area contributed by atoms with Crippen molar-refractivity contribution in [2.75, 3.05) is 0 Å². The van der Waals surface area contributed by atoms with Crippen LogP contribution in [0.1, 0.15) is 17.4 Å². The van der Waals surface area contributed by atoms with Crippen LogP contribution < -0.4 is 0 Å². The summed E-state index contributed by atoms with van der Waals surface area (Å²) in [6, 6.07) is 6.44. The molecule has 0 saturated carbocycles. The van der Waals surface area contributed by atoms with Crippen molar-refractivity contribution in [3.05, 3.63) is 29.8 Å². The lowest BCUT2D eigenvalue weighted by Gasteiger charge is -2.08. The quantitative estimate of drug-likeness (QED) is 0.735. The van der Waals surface area contributed by atoms with Crippen LogP contribution in [0.25, 0.3) is 0 Å². The summed E-state index contributed by atoms with van der Waals surface area (Å²) in [4.78, 5) is 10.3. The van der Waals surface area contributed by atoms with Gasteiger partial charge < -0.3 is 10.2 Å². The number of phenolic OH excluding ortho intramolecular Hbond substituents is 1. The minimum absolute atomic E-state index is 0.0313. The average molecular weight is 201 g/mol. The van der Waals surface area contributed by atoms with E-state index in [4.69, 9.17) is 16.7 Å². The third kappa shape index (κ3) is 2.63. The third-order valence-corrected chi connectivity index (χ3v) is 2.02. The molecule has 70 valence electrons. The minimum atomic E-state index is -0.983. The van der Waals surface area contributed by atoms with Crippen molar-refractivity contribution in [2.24, 2.45) is 0 Å². The molecule has 1 aromatic carbocycles. The highest BCUT2D eigenvalue weighted by Gasteiger charge is 2.14. The zero-order valence-electron chi connectivity index (χ0n) is 6.77. The summed E-state index contributed by atoms with van der Waals surface area (Å²) in [7, 11) is 0. The van der Waals surface area contributed by atoms with Crippen molar-refractivity contribution in [1.82, 2.24) is 0 Å². The summed E-state index contributed by atoms with van der Waals surface area (Å²) in [5, 5.41) is 17.1. The number of hydrogen-bond donors (Lipinski definition) is 2. The molecule has 0 heterocycles. The summed E-state index contributed by atoms with van der Waals surface area (Å²) >= 11 is 5.77. The maximum atomic E-state index is 10.3. The predicted octanol–water partition coefficient (Wildman–Crippen LogP) is 2.15. The first kappa shape index (κ1) is 9.86. The van der Waals surface area contributed by atoms with Crippen molar-refractivity contribution in [1.29, 1.82) is 0 Å². The Bertz CT molecular complexity index is 311. The van der Waals surface area contributed by atoms with E-state index in [0.717, 1.165) is 0 Å². The first-order valence-corrected chi connectivity index (χ1v) is 4.18. The van der Waals surface area contributed by atoms with Crippen LogP contribution in [0.15, 0.2) is 24.3 Å². The second-order valence-corrected chi connectivity index (χ2v) is 3.15. The molecule has 0 aliphatic rings. The zero-order chi connectivity index (χ0) is 9.84. The largest absolute Gasteiger partial charge is 0.508 e. The van der Waals surface area contributed by atoms with Gasteiger partial charge in [0.15, 0.2) is 0 Å². The molecular formula is C9H9ClO3. The molecule has 3 nitrogen and oxygen atoms in total. The summed E-state index contributed by atoms with van der Waals surface area (Å²) < 4.78 is 0. The van der Waals surface area contributed by atoms with Crippen molar-refractivity contribution in [3.63, 3.8) is 0 Å². The molecule has 0 saturated heterocycles. The number of halogens is 1. The van der Waals surface area contributed by atoms with Crippen molar-refractivity contribution < 1.29 is 15.0 Å². The zero-order valence-corrected chi connectivity index (χ0v) is 7.53. The highest BCUT2D eigenvalue weighted by Crippen LogP contribution is 2.30. The lowest BCUT2D eigenvalue weighted by atomic mass is 10.1. The molecule has 1 aromatic rings. The Labute approximate surface area is 80.6 Å². The first-order valence-electron chi connectivity index (χ1n) is 3.75. The Morgan fingerprint density at radius 3 is 2.62 bits per heavy atom. The highest BCUT2D eigenvalue weighted by atomic mass is 35.5. The second-order valence-electron chi connectivity index (χ2n) is 2.62. The van der Waals surface area contributed by atoms with Gasteiger partial charge in [-0.25, -0.2) is 0 Å². The van der Waals surface area contributed by atoms with Crippen LogP contribution >= 0.6 is 11.6 Å². The van der Waals surface area contributed by atoms with Gasteiger partial charge in [0.1, 0.15) is 5.75 Å². The molecule has 0 spiro atoms. The van der Waals surface area contributed by atoms with E-state index >= 15 is 0 Å². The molecule has 0 amide bonds. The average Bonchev–Trinajstić information content (AvgIpc) is 2.03. The van der Waals surface area contributed by atoms with E-state index in [1.54, 1.807) is 18.2 Å². The lowest BCUT2D eigenvalue weighted by Crippen LogP contribution is -2.00. The molecule has 0 aliphatic carbocycles. The monoisotopic (exact) mass is 200 g/mol. The summed E-state index contributed by atoms with van der Waals surface area (Å²) in [5.41, 5.74) is 0.451. The molecule has 0 radical (unpaired) electrons. The fourth-order valence-electron chi connectivity index (χ4n) is 1.02. The van der Waals surface area contributed by atoms with Crippen molar-refractivity contribution in [2.45, 2.75) is 11.8 Å². The molecule has 0 aliphatic heterocycles. The Kier molecular flexibility index (Phi) is 3.14. The molecule has 1 atom stereocenters. The summed E-state index contributed by atoms with van der Waals surface area (Å²) in [6.07, 6.45) is -0.195. The van der Waals surface area contributed by atoms with Crippen LogP contribution in [-0.4, -0.2) is 16.2 Å². The summed E-state index contributed by atoms with van der Waals surface area (Å²) in [6.45, 7) is 0. The third-order valence-electron chi connectivity index (χ3n) is 1.63. The van der Waals surface area contributed by atoms with Gasteiger partial charge in [0.25, 0.3) is 0 Å². The maximum absolute atomic E-state index is 10.3. The minimum Gasteiger partial charge on any atom is -0.508 e. The fourth-order valence-corrected chi connectivity index (χ4v) is 1.33. The number of para-hydroxylation sites is 1. The van der Waals surface area contributed by atoms with Gasteiger partial charge >= 0.3 is 5.97 Å². The lowest BCUT2D eigenvalue weighted by molar-refractivity contribution is -0.137. The van der Waals surface area contributed by atoms with Gasteiger partial charge in [-0.05, 0) is 6.07 Å². The van der Waals surface area contributed by atoms with Gasteiger partial charge in [0.2, 0.25) is 0 Å². The van der Waals surface area contributed by atoms with E-state index in [9.17, 15) is 9.90 Å². The van der Waals surface area contributed by atoms with Gasteiger partial charge in [0.05, 0.1) is 11.8 Å². The number of carbonyl (C=O) groups is 1. The van der Waals surface area contributed by atoms with E-state index < -0.39 is 11.3 Å². The molecule has 0 bridgehead atoms. The van der Waals surface area contributed by atoms with E-state index in [0.29, 0.717) is 5.56 Å². The van der Waals surface area contributed by atoms with Crippen LogP contribution in [0.5, 0.6) is 5.75 Å². The van der Waals surface area contributed by atoms with E-state index in [2.05, 4.69) is 0 Å². The smallest absolute Gasteiger partial charge is 0.305 e. The van der Waals surface area contributed by atoms with Gasteiger partial charge in [0, 0.05) is 5.56 Å². The number of hydrogen-bond acceptors (Lipinski definition) is 2. The second kappa shape index (κ2) is 4.14. The standard InChI is InChI=1S/C9H9ClO3/c10-7(5-9(12)13)6-3-1-2-4-8(6)11/h1-4,7,11H,5H2,(H,12,13). The topological polar surface area (TPSA) is 57.5 Å². The maximum Gasteiger partial charge on any atom is 0.305 e. The number of aliphatic carboxylic acids is 1. The number of rotatable bonds is 3. The fraction of sp³-hybridized carbons (Fsp3) is 0.222. The molecule has 4 heteroatoms. The molecule has 1 unspecified atom stereocenters. The van der Waals surface area contributed by atoms with Crippen molar-refractivity contribution >= 4 is 17.6 Å². The van der Waals surface area contributed by atoms with Gasteiger partial charge in [-0.15, -0.1) is 11.6 Å². The number of aromatic hydroxyl groups is 1. The van der Waals surface area contributed by atoms with Gasteiger partial charge in [-0.3, -0.25) is 4.79 Å². The normalized spacial score (nSPS) is 12.4. The van der Waals surface area contributed by atoms with Gasteiger partial charge in [-0.2, -0.15) is 0 Å². The number of phenols is 1.